The fraction of sp³-hybridized carbons (Fsp3) is 0.458. The van der Waals surface area contributed by atoms with Crippen LogP contribution in [0.1, 0.15) is 35.0 Å². The number of hydrogen-bond donors (Lipinski definition) is 1. The lowest BCUT2D eigenvalue weighted by molar-refractivity contribution is -0.140. The highest BCUT2D eigenvalue weighted by atomic mass is 16.5. The zero-order valence-corrected chi connectivity index (χ0v) is 18.9. The van der Waals surface area contributed by atoms with Crippen LogP contribution in [0.4, 0.5) is 0 Å². The Hall–Kier alpha value is -2.97. The van der Waals surface area contributed by atoms with Crippen LogP contribution in [0.3, 0.4) is 0 Å². The SMILES string of the molecule is Cc1nn(C)c(C)c1/C(O)=C1\C(=O)C(=O)N(CCCN2CCOCC2)C1c1ccccc1. The Morgan fingerprint density at radius 2 is 1.81 bits per heavy atom. The molecule has 0 radical (unpaired) electrons. The van der Waals surface area contributed by atoms with Gasteiger partial charge in [-0.3, -0.25) is 19.2 Å². The van der Waals surface area contributed by atoms with Gasteiger partial charge in [0.15, 0.2) is 0 Å². The van der Waals surface area contributed by atoms with E-state index < -0.39 is 17.7 Å². The van der Waals surface area contributed by atoms with Gasteiger partial charge in [0, 0.05) is 38.9 Å². The van der Waals surface area contributed by atoms with Gasteiger partial charge in [0.2, 0.25) is 0 Å². The van der Waals surface area contributed by atoms with Crippen molar-refractivity contribution < 1.29 is 19.4 Å². The molecule has 0 bridgehead atoms. The number of morpholine rings is 1. The number of ether oxygens (including phenoxy) is 1. The fourth-order valence-corrected chi connectivity index (χ4v) is 4.63. The van der Waals surface area contributed by atoms with Crippen molar-refractivity contribution in [1.29, 1.82) is 0 Å². The lowest BCUT2D eigenvalue weighted by atomic mass is 9.94. The molecule has 2 aromatic rings. The first-order chi connectivity index (χ1) is 15.4. The lowest BCUT2D eigenvalue weighted by Crippen LogP contribution is -2.38. The summed E-state index contributed by atoms with van der Waals surface area (Å²) in [6.07, 6.45) is 0.737. The summed E-state index contributed by atoms with van der Waals surface area (Å²) in [6, 6.07) is 8.81. The fourth-order valence-electron chi connectivity index (χ4n) is 4.63. The first kappa shape index (κ1) is 22.2. The number of benzene rings is 1. The number of Topliss-reactive ketones (excluding diaryl/α,β-unsaturated/α-hetero) is 1. The maximum atomic E-state index is 13.1. The summed E-state index contributed by atoms with van der Waals surface area (Å²) in [5.41, 5.74) is 2.81. The third-order valence-electron chi connectivity index (χ3n) is 6.38. The molecule has 32 heavy (non-hydrogen) atoms. The number of likely N-dealkylation sites (tertiary alicyclic amines) is 1. The van der Waals surface area contributed by atoms with Crippen molar-refractivity contribution in [2.75, 3.05) is 39.4 Å². The largest absolute Gasteiger partial charge is 0.507 e. The average molecular weight is 439 g/mol. The molecule has 2 fully saturated rings. The number of aliphatic hydroxyl groups is 1. The van der Waals surface area contributed by atoms with Crippen molar-refractivity contribution in [2.45, 2.75) is 26.3 Å². The Bertz CT molecular complexity index is 1040. The maximum absolute atomic E-state index is 13.1. The molecule has 1 aromatic heterocycles. The minimum atomic E-state index is -0.648. The van der Waals surface area contributed by atoms with Crippen molar-refractivity contribution in [3.8, 4) is 0 Å². The monoisotopic (exact) mass is 438 g/mol. The summed E-state index contributed by atoms with van der Waals surface area (Å²) in [4.78, 5) is 30.1. The van der Waals surface area contributed by atoms with Crippen molar-refractivity contribution in [2.24, 2.45) is 7.05 Å². The molecule has 8 heteroatoms. The van der Waals surface area contributed by atoms with Crippen LogP contribution in [-0.2, 0) is 21.4 Å². The third kappa shape index (κ3) is 4.08. The summed E-state index contributed by atoms with van der Waals surface area (Å²) in [7, 11) is 1.79. The molecular weight excluding hydrogens is 408 g/mol. The number of ketones is 1. The van der Waals surface area contributed by atoms with E-state index in [4.69, 9.17) is 4.74 Å². The number of aliphatic hydroxyl groups excluding tert-OH is 1. The molecule has 0 aliphatic carbocycles. The maximum Gasteiger partial charge on any atom is 0.295 e. The standard InChI is InChI=1S/C24H30N4O4/c1-16-19(17(2)26(3)25-16)22(29)20-21(18-8-5-4-6-9-18)28(24(31)23(20)30)11-7-10-27-12-14-32-15-13-27/h4-6,8-9,21,29H,7,10-15H2,1-3H3/b22-20+. The van der Waals surface area contributed by atoms with Crippen LogP contribution in [0.15, 0.2) is 35.9 Å². The molecule has 2 saturated heterocycles. The Labute approximate surface area is 188 Å². The van der Waals surface area contributed by atoms with Crippen LogP contribution in [0.5, 0.6) is 0 Å². The number of rotatable bonds is 6. The van der Waals surface area contributed by atoms with Gasteiger partial charge >= 0.3 is 0 Å². The second-order valence-corrected chi connectivity index (χ2v) is 8.38. The first-order valence-corrected chi connectivity index (χ1v) is 11.0. The summed E-state index contributed by atoms with van der Waals surface area (Å²) in [5, 5.41) is 15.6. The van der Waals surface area contributed by atoms with Gasteiger partial charge in [-0.2, -0.15) is 5.10 Å². The topological polar surface area (TPSA) is 87.9 Å². The minimum absolute atomic E-state index is 0.131. The highest BCUT2D eigenvalue weighted by Gasteiger charge is 2.46. The molecule has 1 N–H and O–H groups in total. The second kappa shape index (κ2) is 9.26. The van der Waals surface area contributed by atoms with E-state index in [-0.39, 0.29) is 11.3 Å². The van der Waals surface area contributed by atoms with Crippen LogP contribution in [0, 0.1) is 13.8 Å². The van der Waals surface area contributed by atoms with E-state index >= 15 is 0 Å². The second-order valence-electron chi connectivity index (χ2n) is 8.38. The molecule has 1 aromatic carbocycles. The Balaban J connectivity index is 1.69. The van der Waals surface area contributed by atoms with Crippen LogP contribution in [-0.4, -0.2) is 75.8 Å². The molecule has 8 nitrogen and oxygen atoms in total. The van der Waals surface area contributed by atoms with E-state index in [1.807, 2.05) is 37.3 Å². The number of aryl methyl sites for hydroxylation is 2. The normalized spacial score (nSPS) is 21.5. The van der Waals surface area contributed by atoms with Gasteiger partial charge in [0.25, 0.3) is 11.7 Å². The molecule has 2 aliphatic rings. The highest BCUT2D eigenvalue weighted by molar-refractivity contribution is 6.46. The number of carbonyl (C=O) groups excluding carboxylic acids is 2. The van der Waals surface area contributed by atoms with Crippen LogP contribution in [0.2, 0.25) is 0 Å². The van der Waals surface area contributed by atoms with Crippen molar-refractivity contribution in [3.05, 3.63) is 58.4 Å². The summed E-state index contributed by atoms with van der Waals surface area (Å²) in [6.45, 7) is 8.08. The van der Waals surface area contributed by atoms with E-state index in [0.717, 1.165) is 50.5 Å². The highest BCUT2D eigenvalue weighted by Crippen LogP contribution is 2.40. The summed E-state index contributed by atoms with van der Waals surface area (Å²) in [5.74, 6) is -1.37. The number of hydrogen-bond acceptors (Lipinski definition) is 6. The Kier molecular flexibility index (Phi) is 6.43. The first-order valence-electron chi connectivity index (χ1n) is 11.0. The zero-order chi connectivity index (χ0) is 22.8. The van der Waals surface area contributed by atoms with Crippen LogP contribution < -0.4 is 0 Å². The van der Waals surface area contributed by atoms with Crippen molar-refractivity contribution in [1.82, 2.24) is 19.6 Å². The molecule has 2 aliphatic heterocycles. The number of amides is 1. The van der Waals surface area contributed by atoms with E-state index in [2.05, 4.69) is 10.00 Å². The number of nitrogens with zero attached hydrogens (tertiary/aromatic N) is 4. The van der Waals surface area contributed by atoms with Gasteiger partial charge in [0.05, 0.1) is 36.1 Å². The summed E-state index contributed by atoms with van der Waals surface area (Å²) < 4.78 is 7.06. The molecule has 0 saturated carbocycles. The Morgan fingerprint density at radius 1 is 1.12 bits per heavy atom. The van der Waals surface area contributed by atoms with E-state index in [1.165, 1.54) is 0 Å². The third-order valence-corrected chi connectivity index (χ3v) is 6.38. The number of aromatic nitrogens is 2. The molecule has 3 heterocycles. The van der Waals surface area contributed by atoms with Gasteiger partial charge in [0.1, 0.15) is 5.76 Å². The smallest absolute Gasteiger partial charge is 0.295 e. The average Bonchev–Trinajstić information content (AvgIpc) is 3.20. The molecule has 1 unspecified atom stereocenters. The molecule has 4 rings (SSSR count). The quantitative estimate of drug-likeness (QED) is 0.423. The van der Waals surface area contributed by atoms with Gasteiger partial charge < -0.3 is 14.7 Å². The lowest BCUT2D eigenvalue weighted by Gasteiger charge is -2.29. The Morgan fingerprint density at radius 3 is 2.44 bits per heavy atom. The molecule has 1 amide bonds. The van der Waals surface area contributed by atoms with E-state index in [9.17, 15) is 14.7 Å². The van der Waals surface area contributed by atoms with Crippen LogP contribution >= 0.6 is 0 Å². The van der Waals surface area contributed by atoms with E-state index in [0.29, 0.717) is 17.8 Å². The van der Waals surface area contributed by atoms with Crippen molar-refractivity contribution >= 4 is 17.4 Å². The van der Waals surface area contributed by atoms with Crippen LogP contribution in [0.25, 0.3) is 5.76 Å². The molecular formula is C24H30N4O4. The van der Waals surface area contributed by atoms with Gasteiger partial charge in [-0.05, 0) is 25.8 Å². The van der Waals surface area contributed by atoms with E-state index in [1.54, 1.807) is 23.6 Å². The van der Waals surface area contributed by atoms with Crippen molar-refractivity contribution in [3.63, 3.8) is 0 Å². The molecule has 170 valence electrons. The molecule has 1 atom stereocenters. The zero-order valence-electron chi connectivity index (χ0n) is 18.9. The summed E-state index contributed by atoms with van der Waals surface area (Å²) >= 11 is 0. The van der Waals surface area contributed by atoms with Gasteiger partial charge in [-0.25, -0.2) is 0 Å². The van der Waals surface area contributed by atoms with Gasteiger partial charge in [-0.15, -0.1) is 0 Å². The van der Waals surface area contributed by atoms with Gasteiger partial charge in [-0.1, -0.05) is 30.3 Å². The predicted octanol–water partition coefficient (Wildman–Crippen LogP) is 2.18. The predicted molar refractivity (Wildman–Crippen MR) is 120 cm³/mol. The minimum Gasteiger partial charge on any atom is -0.507 e. The molecule has 0 spiro atoms. The number of carbonyl (C=O) groups is 2.